The summed E-state index contributed by atoms with van der Waals surface area (Å²) >= 11 is 0. The van der Waals surface area contributed by atoms with Crippen molar-refractivity contribution in [3.8, 4) is 0 Å². The predicted octanol–water partition coefficient (Wildman–Crippen LogP) is 2.17. The number of nitrogens with one attached hydrogen (secondary N) is 1. The fourth-order valence-electron chi connectivity index (χ4n) is 2.95. The van der Waals surface area contributed by atoms with E-state index in [1.54, 1.807) is 0 Å². The lowest BCUT2D eigenvalue weighted by molar-refractivity contribution is -0.132. The van der Waals surface area contributed by atoms with Crippen molar-refractivity contribution in [1.82, 2.24) is 5.32 Å². The minimum absolute atomic E-state index is 0.242. The number of aliphatic hydroxyl groups is 1. The molecule has 0 aromatic heterocycles. The second-order valence-electron chi connectivity index (χ2n) is 5.16. The van der Waals surface area contributed by atoms with Gasteiger partial charge in [0.15, 0.2) is 0 Å². The average molecular weight is 183 g/mol. The smallest absolute Gasteiger partial charge is 0.118 e. The van der Waals surface area contributed by atoms with Crippen LogP contribution in [0.3, 0.4) is 0 Å². The van der Waals surface area contributed by atoms with Gasteiger partial charge in [-0.15, -0.1) is 0 Å². The molecule has 1 aliphatic carbocycles. The molecule has 2 saturated heterocycles. The Kier molecular flexibility index (Phi) is 2.37. The van der Waals surface area contributed by atoms with Crippen LogP contribution < -0.4 is 5.32 Å². The zero-order chi connectivity index (χ0) is 9.36. The number of hydrogen-bond acceptors (Lipinski definition) is 2. The third-order valence-corrected chi connectivity index (χ3v) is 3.54. The molecule has 2 nitrogen and oxygen atoms in total. The van der Waals surface area contributed by atoms with Crippen molar-refractivity contribution in [2.75, 3.05) is 0 Å². The van der Waals surface area contributed by atoms with E-state index in [4.69, 9.17) is 0 Å². The summed E-state index contributed by atoms with van der Waals surface area (Å²) in [7, 11) is 0. The van der Waals surface area contributed by atoms with E-state index in [2.05, 4.69) is 12.2 Å². The quantitative estimate of drug-likeness (QED) is 0.603. The molecule has 0 aromatic rings. The SMILES string of the molecule is CC12CCCCCCCC(O)(C1)N2. The molecule has 2 heteroatoms. The highest BCUT2D eigenvalue weighted by atomic mass is 16.3. The zero-order valence-electron chi connectivity index (χ0n) is 8.60. The first-order valence-corrected chi connectivity index (χ1v) is 5.64. The lowest BCUT2D eigenvalue weighted by Gasteiger charge is -2.54. The van der Waals surface area contributed by atoms with Gasteiger partial charge in [-0.25, -0.2) is 0 Å². The highest BCUT2D eigenvalue weighted by Gasteiger charge is 2.48. The minimum atomic E-state index is -0.508. The fraction of sp³-hybridized carbons (Fsp3) is 1.00. The summed E-state index contributed by atoms with van der Waals surface area (Å²) in [4.78, 5) is 0. The average Bonchev–Trinajstić information content (AvgIpc) is 2.00. The molecule has 0 amide bonds. The van der Waals surface area contributed by atoms with E-state index in [1.165, 1.54) is 38.5 Å². The Morgan fingerprint density at radius 2 is 1.54 bits per heavy atom. The third-order valence-electron chi connectivity index (χ3n) is 3.54. The Balaban J connectivity index is 1.93. The summed E-state index contributed by atoms with van der Waals surface area (Å²) in [5.74, 6) is 0. The van der Waals surface area contributed by atoms with Crippen LogP contribution in [-0.4, -0.2) is 16.4 Å². The normalized spacial score (nSPS) is 46.6. The van der Waals surface area contributed by atoms with Crippen LogP contribution in [0.15, 0.2) is 0 Å². The van der Waals surface area contributed by atoms with E-state index >= 15 is 0 Å². The fourth-order valence-corrected chi connectivity index (χ4v) is 2.95. The van der Waals surface area contributed by atoms with Crippen LogP contribution in [0, 0.1) is 0 Å². The van der Waals surface area contributed by atoms with Gasteiger partial charge >= 0.3 is 0 Å². The topological polar surface area (TPSA) is 32.3 Å². The predicted molar refractivity (Wildman–Crippen MR) is 53.4 cm³/mol. The molecule has 2 unspecified atom stereocenters. The molecule has 3 aliphatic rings. The first kappa shape index (κ1) is 9.47. The summed E-state index contributed by atoms with van der Waals surface area (Å²) in [6.07, 6.45) is 9.65. The van der Waals surface area contributed by atoms with Gasteiger partial charge in [0.25, 0.3) is 0 Å². The van der Waals surface area contributed by atoms with Crippen molar-refractivity contribution in [2.45, 2.75) is 69.6 Å². The maximum Gasteiger partial charge on any atom is 0.118 e. The van der Waals surface area contributed by atoms with Gasteiger partial charge in [0.1, 0.15) is 5.72 Å². The van der Waals surface area contributed by atoms with Gasteiger partial charge in [-0.1, -0.05) is 25.7 Å². The van der Waals surface area contributed by atoms with Crippen molar-refractivity contribution in [2.24, 2.45) is 0 Å². The van der Waals surface area contributed by atoms with E-state index in [0.29, 0.717) is 0 Å². The third kappa shape index (κ3) is 2.05. The van der Waals surface area contributed by atoms with Crippen molar-refractivity contribution in [3.63, 3.8) is 0 Å². The largest absolute Gasteiger partial charge is 0.376 e. The van der Waals surface area contributed by atoms with Gasteiger partial charge in [-0.05, 0) is 26.2 Å². The lowest BCUT2D eigenvalue weighted by atomic mass is 9.74. The standard InChI is InChI=1S/C11H21NO/c1-10-7-5-3-2-4-6-8-11(13,9-10)12-10/h12-13H,2-9H2,1H3. The Bertz CT molecular complexity index is 167. The molecule has 2 atom stereocenters. The van der Waals surface area contributed by atoms with Gasteiger partial charge in [0.05, 0.1) is 0 Å². The highest BCUT2D eigenvalue weighted by Crippen LogP contribution is 2.39. The van der Waals surface area contributed by atoms with Crippen LogP contribution in [0.1, 0.15) is 58.3 Å². The van der Waals surface area contributed by atoms with Crippen molar-refractivity contribution in [1.29, 1.82) is 0 Å². The summed E-state index contributed by atoms with van der Waals surface area (Å²) in [6.45, 7) is 2.24. The van der Waals surface area contributed by atoms with Gasteiger partial charge in [0.2, 0.25) is 0 Å². The first-order valence-electron chi connectivity index (χ1n) is 5.64. The van der Waals surface area contributed by atoms with Gasteiger partial charge < -0.3 is 5.11 Å². The Hall–Kier alpha value is -0.0800. The molecule has 3 fully saturated rings. The molecule has 0 aromatic carbocycles. The van der Waals surface area contributed by atoms with E-state index in [9.17, 15) is 5.11 Å². The van der Waals surface area contributed by atoms with Crippen molar-refractivity contribution < 1.29 is 5.11 Å². The second kappa shape index (κ2) is 3.25. The summed E-state index contributed by atoms with van der Waals surface area (Å²) < 4.78 is 0. The Labute approximate surface area is 80.7 Å². The molecule has 0 radical (unpaired) electrons. The van der Waals surface area contributed by atoms with Crippen LogP contribution in [-0.2, 0) is 0 Å². The van der Waals surface area contributed by atoms with Crippen LogP contribution in [0.5, 0.6) is 0 Å². The number of fused-ring (bicyclic) bond motifs is 6. The first-order chi connectivity index (χ1) is 6.12. The molecule has 0 spiro atoms. The van der Waals surface area contributed by atoms with Crippen LogP contribution in [0.25, 0.3) is 0 Å². The maximum atomic E-state index is 10.0. The molecular formula is C11H21NO. The van der Waals surface area contributed by atoms with Gasteiger partial charge in [0, 0.05) is 12.0 Å². The molecule has 2 bridgehead atoms. The van der Waals surface area contributed by atoms with Crippen LogP contribution in [0.4, 0.5) is 0 Å². The summed E-state index contributed by atoms with van der Waals surface area (Å²) in [5.41, 5.74) is -0.266. The molecule has 3 rings (SSSR count). The van der Waals surface area contributed by atoms with Gasteiger partial charge in [-0.2, -0.15) is 0 Å². The van der Waals surface area contributed by atoms with E-state index < -0.39 is 5.72 Å². The zero-order valence-corrected chi connectivity index (χ0v) is 8.60. The number of rotatable bonds is 0. The summed E-state index contributed by atoms with van der Waals surface area (Å²) in [6, 6.07) is 0. The molecule has 2 heterocycles. The second-order valence-corrected chi connectivity index (χ2v) is 5.16. The molecular weight excluding hydrogens is 162 g/mol. The maximum absolute atomic E-state index is 10.0. The summed E-state index contributed by atoms with van der Waals surface area (Å²) in [5, 5.41) is 13.4. The molecule has 76 valence electrons. The Morgan fingerprint density at radius 3 is 2.23 bits per heavy atom. The molecule has 2 N–H and O–H groups in total. The lowest BCUT2D eigenvalue weighted by Crippen LogP contribution is -2.70. The van der Waals surface area contributed by atoms with Crippen molar-refractivity contribution >= 4 is 0 Å². The molecule has 2 aliphatic heterocycles. The molecule has 13 heavy (non-hydrogen) atoms. The molecule has 1 saturated carbocycles. The number of hydrogen-bond donors (Lipinski definition) is 2. The Morgan fingerprint density at radius 1 is 1.00 bits per heavy atom. The van der Waals surface area contributed by atoms with E-state index in [0.717, 1.165) is 12.8 Å². The minimum Gasteiger partial charge on any atom is -0.376 e. The highest BCUT2D eigenvalue weighted by molar-refractivity contribution is 5.04. The van der Waals surface area contributed by atoms with E-state index in [-0.39, 0.29) is 5.54 Å². The monoisotopic (exact) mass is 183 g/mol. The van der Waals surface area contributed by atoms with Gasteiger partial charge in [-0.3, -0.25) is 5.32 Å². The van der Waals surface area contributed by atoms with Crippen LogP contribution >= 0.6 is 0 Å². The van der Waals surface area contributed by atoms with E-state index in [1.807, 2.05) is 0 Å². The van der Waals surface area contributed by atoms with Crippen LogP contribution in [0.2, 0.25) is 0 Å². The van der Waals surface area contributed by atoms with Crippen molar-refractivity contribution in [3.05, 3.63) is 0 Å².